The van der Waals surface area contributed by atoms with Crippen molar-refractivity contribution in [2.24, 2.45) is 0 Å². The summed E-state index contributed by atoms with van der Waals surface area (Å²) >= 11 is 2.94. The Bertz CT molecular complexity index is 356. The fourth-order valence-electron chi connectivity index (χ4n) is 0.952. The van der Waals surface area contributed by atoms with Crippen molar-refractivity contribution >= 4 is 29.5 Å². The lowest BCUT2D eigenvalue weighted by Crippen LogP contribution is -2.15. The van der Waals surface area contributed by atoms with Crippen molar-refractivity contribution in [3.8, 4) is 0 Å². The lowest BCUT2D eigenvalue weighted by atomic mass is 10.5. The summed E-state index contributed by atoms with van der Waals surface area (Å²) < 4.78 is 5.94. The van der Waals surface area contributed by atoms with E-state index in [9.17, 15) is 4.79 Å². The Kier molecular flexibility index (Phi) is 5.47. The van der Waals surface area contributed by atoms with E-state index in [-0.39, 0.29) is 11.7 Å². The molecule has 0 radical (unpaired) electrons. The summed E-state index contributed by atoms with van der Waals surface area (Å²) in [6.07, 6.45) is 2.79. The molecule has 1 rings (SSSR count). The Morgan fingerprint density at radius 1 is 1.56 bits per heavy atom. The Labute approximate surface area is 102 Å². The second kappa shape index (κ2) is 6.64. The molecule has 0 aliphatic carbocycles. The summed E-state index contributed by atoms with van der Waals surface area (Å²) in [6.45, 7) is 0. The average Bonchev–Trinajstić information content (AvgIpc) is 2.64. The normalized spacial score (nSPS) is 10.4. The van der Waals surface area contributed by atoms with E-state index in [1.165, 1.54) is 23.5 Å². The van der Waals surface area contributed by atoms with E-state index in [1.54, 1.807) is 11.8 Å². The third-order valence-electron chi connectivity index (χ3n) is 1.81. The Hall–Kier alpha value is -0.890. The number of nitrogens with two attached hydrogens (primary N) is 1. The summed E-state index contributed by atoms with van der Waals surface area (Å²) in [5, 5.41) is 8.40. The SMILES string of the molecule is COC(=O)CSc1nnc(CCSC)n1N. The maximum atomic E-state index is 10.9. The minimum Gasteiger partial charge on any atom is -0.468 e. The number of esters is 1. The van der Waals surface area contributed by atoms with Crippen LogP contribution in [0.4, 0.5) is 0 Å². The van der Waals surface area contributed by atoms with E-state index in [4.69, 9.17) is 5.84 Å². The van der Waals surface area contributed by atoms with Gasteiger partial charge >= 0.3 is 5.97 Å². The Morgan fingerprint density at radius 3 is 2.94 bits per heavy atom. The molecule has 8 heteroatoms. The van der Waals surface area contributed by atoms with Gasteiger partial charge in [-0.05, 0) is 6.26 Å². The molecule has 1 aromatic rings. The van der Waals surface area contributed by atoms with Crippen molar-refractivity contribution < 1.29 is 9.53 Å². The quantitative estimate of drug-likeness (QED) is 0.444. The van der Waals surface area contributed by atoms with E-state index in [2.05, 4.69) is 14.9 Å². The van der Waals surface area contributed by atoms with Crippen molar-refractivity contribution in [1.82, 2.24) is 14.9 Å². The van der Waals surface area contributed by atoms with Crippen LogP contribution < -0.4 is 5.84 Å². The van der Waals surface area contributed by atoms with Crippen LogP contribution in [0.15, 0.2) is 5.16 Å². The minimum atomic E-state index is -0.307. The zero-order valence-corrected chi connectivity index (χ0v) is 10.8. The van der Waals surface area contributed by atoms with E-state index in [0.29, 0.717) is 5.16 Å². The molecule has 0 amide bonds. The van der Waals surface area contributed by atoms with Crippen LogP contribution in [0.3, 0.4) is 0 Å². The van der Waals surface area contributed by atoms with Crippen molar-refractivity contribution in [2.45, 2.75) is 11.6 Å². The number of hydrogen-bond acceptors (Lipinski definition) is 7. The number of aryl methyl sites for hydroxylation is 1. The van der Waals surface area contributed by atoms with Gasteiger partial charge in [-0.2, -0.15) is 11.8 Å². The first kappa shape index (κ1) is 13.2. The first-order valence-corrected chi connectivity index (χ1v) is 6.95. The second-order valence-corrected chi connectivity index (χ2v) is 4.80. The maximum absolute atomic E-state index is 10.9. The molecule has 1 heterocycles. The smallest absolute Gasteiger partial charge is 0.316 e. The third-order valence-corrected chi connectivity index (χ3v) is 3.34. The Balaban J connectivity index is 2.54. The average molecular weight is 262 g/mol. The number of aromatic nitrogens is 3. The van der Waals surface area contributed by atoms with E-state index < -0.39 is 0 Å². The van der Waals surface area contributed by atoms with Crippen molar-refractivity contribution in [1.29, 1.82) is 0 Å². The zero-order valence-electron chi connectivity index (χ0n) is 9.17. The highest BCUT2D eigenvalue weighted by molar-refractivity contribution is 7.99. The summed E-state index contributed by atoms with van der Waals surface area (Å²) in [4.78, 5) is 10.9. The highest BCUT2D eigenvalue weighted by Crippen LogP contribution is 2.15. The van der Waals surface area contributed by atoms with Crippen LogP contribution in [0.25, 0.3) is 0 Å². The number of rotatable bonds is 6. The number of carbonyl (C=O) groups excluding carboxylic acids is 1. The van der Waals surface area contributed by atoms with Gasteiger partial charge < -0.3 is 10.6 Å². The van der Waals surface area contributed by atoms with Crippen LogP contribution in [0.1, 0.15) is 5.82 Å². The lowest BCUT2D eigenvalue weighted by molar-refractivity contribution is -0.137. The number of nitrogen functional groups attached to an aromatic ring is 1. The summed E-state index contributed by atoms with van der Waals surface area (Å²) in [5.41, 5.74) is 0. The molecule has 0 bridgehead atoms. The van der Waals surface area contributed by atoms with Crippen LogP contribution in [-0.2, 0) is 16.0 Å². The first-order valence-electron chi connectivity index (χ1n) is 4.57. The van der Waals surface area contributed by atoms with Gasteiger partial charge in [0.15, 0.2) is 5.82 Å². The molecule has 0 saturated carbocycles. The van der Waals surface area contributed by atoms with Gasteiger partial charge in [0, 0.05) is 12.2 Å². The standard InChI is InChI=1S/C8H14N4O2S2/c1-14-7(13)5-16-8-11-10-6(12(8)9)3-4-15-2/h3-5,9H2,1-2H3. The van der Waals surface area contributed by atoms with Gasteiger partial charge in [0.1, 0.15) is 0 Å². The third kappa shape index (κ3) is 3.60. The fraction of sp³-hybridized carbons (Fsp3) is 0.625. The highest BCUT2D eigenvalue weighted by Gasteiger charge is 2.11. The van der Waals surface area contributed by atoms with Crippen LogP contribution in [-0.4, -0.2) is 45.7 Å². The van der Waals surface area contributed by atoms with E-state index in [0.717, 1.165) is 18.0 Å². The number of ether oxygens (including phenoxy) is 1. The van der Waals surface area contributed by atoms with Gasteiger partial charge in [-0.15, -0.1) is 10.2 Å². The summed E-state index contributed by atoms with van der Waals surface area (Å²) in [6, 6.07) is 0. The monoisotopic (exact) mass is 262 g/mol. The summed E-state index contributed by atoms with van der Waals surface area (Å²) in [7, 11) is 1.35. The minimum absolute atomic E-state index is 0.189. The number of methoxy groups -OCH3 is 1. The molecule has 0 saturated heterocycles. The molecule has 0 spiro atoms. The molecule has 0 aromatic carbocycles. The molecule has 0 unspecified atom stereocenters. The molecule has 0 atom stereocenters. The van der Waals surface area contributed by atoms with Gasteiger partial charge in [-0.1, -0.05) is 11.8 Å². The largest absolute Gasteiger partial charge is 0.468 e. The predicted octanol–water partition coefficient (Wildman–Crippen LogP) is 0.162. The summed E-state index contributed by atoms with van der Waals surface area (Å²) in [5.74, 6) is 7.33. The molecular formula is C8H14N4O2S2. The van der Waals surface area contributed by atoms with E-state index >= 15 is 0 Å². The van der Waals surface area contributed by atoms with Crippen molar-refractivity contribution in [3.05, 3.63) is 5.82 Å². The first-order chi connectivity index (χ1) is 7.69. The lowest BCUT2D eigenvalue weighted by Gasteiger charge is -2.02. The number of nitrogens with zero attached hydrogens (tertiary/aromatic N) is 3. The molecule has 6 nitrogen and oxygen atoms in total. The van der Waals surface area contributed by atoms with Crippen LogP contribution in [0, 0.1) is 0 Å². The fourth-order valence-corrected chi connectivity index (χ4v) is 2.05. The molecule has 0 aliphatic heterocycles. The molecule has 2 N–H and O–H groups in total. The number of carbonyl (C=O) groups is 1. The van der Waals surface area contributed by atoms with Gasteiger partial charge in [0.05, 0.1) is 12.9 Å². The highest BCUT2D eigenvalue weighted by atomic mass is 32.2. The van der Waals surface area contributed by atoms with E-state index in [1.807, 2.05) is 6.26 Å². The molecule has 90 valence electrons. The van der Waals surface area contributed by atoms with Gasteiger partial charge in [-0.25, -0.2) is 4.68 Å². The maximum Gasteiger partial charge on any atom is 0.316 e. The molecule has 16 heavy (non-hydrogen) atoms. The van der Waals surface area contributed by atoms with Gasteiger partial charge in [0.2, 0.25) is 5.16 Å². The van der Waals surface area contributed by atoms with Crippen LogP contribution in [0.5, 0.6) is 0 Å². The van der Waals surface area contributed by atoms with Crippen LogP contribution in [0.2, 0.25) is 0 Å². The topological polar surface area (TPSA) is 83.0 Å². The molecule has 1 aromatic heterocycles. The number of thioether (sulfide) groups is 2. The Morgan fingerprint density at radius 2 is 2.31 bits per heavy atom. The predicted molar refractivity (Wildman–Crippen MR) is 65.0 cm³/mol. The second-order valence-electron chi connectivity index (χ2n) is 2.88. The molecular weight excluding hydrogens is 248 g/mol. The molecule has 0 fully saturated rings. The van der Waals surface area contributed by atoms with Gasteiger partial charge in [0.25, 0.3) is 0 Å². The van der Waals surface area contributed by atoms with Gasteiger partial charge in [-0.3, -0.25) is 4.79 Å². The van der Waals surface area contributed by atoms with Crippen molar-refractivity contribution in [3.63, 3.8) is 0 Å². The molecule has 0 aliphatic rings. The zero-order chi connectivity index (χ0) is 12.0. The number of hydrogen-bond donors (Lipinski definition) is 1. The van der Waals surface area contributed by atoms with Crippen molar-refractivity contribution in [2.75, 3.05) is 30.7 Å². The van der Waals surface area contributed by atoms with Crippen LogP contribution >= 0.6 is 23.5 Å².